The summed E-state index contributed by atoms with van der Waals surface area (Å²) in [7, 11) is 0. The van der Waals surface area contributed by atoms with Crippen LogP contribution in [-0.4, -0.2) is 16.8 Å². The predicted octanol–water partition coefficient (Wildman–Crippen LogP) is 3.21. The Morgan fingerprint density at radius 3 is 3.05 bits per heavy atom. The van der Waals surface area contributed by atoms with Crippen molar-refractivity contribution in [3.05, 3.63) is 48.3 Å². The molecule has 2 heterocycles. The predicted molar refractivity (Wildman–Crippen MR) is 79.0 cm³/mol. The summed E-state index contributed by atoms with van der Waals surface area (Å²) in [6.07, 6.45) is 1.55. The maximum absolute atomic E-state index is 5.50. The number of fused-ring (bicyclic) bond motifs is 2. The third kappa shape index (κ3) is 2.50. The molecule has 0 fully saturated rings. The zero-order chi connectivity index (χ0) is 14.2. The van der Waals surface area contributed by atoms with Gasteiger partial charge in [-0.1, -0.05) is 18.4 Å². The molecule has 22 heavy (non-hydrogen) atoms. The van der Waals surface area contributed by atoms with Crippen LogP contribution in [0.25, 0.3) is 10.9 Å². The van der Waals surface area contributed by atoms with E-state index in [1.54, 1.807) is 6.33 Å². The number of anilines is 2. The molecule has 0 atom stereocenters. The number of rotatable bonds is 2. The molecule has 0 saturated carbocycles. The second-order valence-corrected chi connectivity index (χ2v) is 4.80. The molecular formula is C16H12N3O2Ru. The molecule has 1 radical (unpaired) electrons. The number of ether oxygens (including phenoxy) is 2. The van der Waals surface area contributed by atoms with E-state index in [0.717, 1.165) is 33.7 Å². The molecule has 0 aliphatic carbocycles. The van der Waals surface area contributed by atoms with Crippen LogP contribution in [0.3, 0.4) is 0 Å². The van der Waals surface area contributed by atoms with Crippen molar-refractivity contribution in [2.24, 2.45) is 0 Å². The van der Waals surface area contributed by atoms with Crippen LogP contribution < -0.4 is 14.8 Å². The van der Waals surface area contributed by atoms with Gasteiger partial charge in [-0.3, -0.25) is 4.98 Å². The normalized spacial score (nSPS) is 12.0. The molecule has 1 aliphatic rings. The Hall–Kier alpha value is -2.20. The summed E-state index contributed by atoms with van der Waals surface area (Å²) >= 11 is 0. The van der Waals surface area contributed by atoms with Crippen molar-refractivity contribution in [3.63, 3.8) is 0 Å². The molecule has 6 heteroatoms. The average molecular weight is 379 g/mol. The Kier molecular flexibility index (Phi) is 3.94. The van der Waals surface area contributed by atoms with Crippen molar-refractivity contribution in [1.82, 2.24) is 9.97 Å². The molecule has 1 N–H and O–H groups in total. The molecule has 111 valence electrons. The van der Waals surface area contributed by atoms with Gasteiger partial charge in [0, 0.05) is 0 Å². The van der Waals surface area contributed by atoms with Crippen LogP contribution in [0.15, 0.2) is 36.7 Å². The number of aromatic nitrogens is 2. The number of hydrogen-bond donors (Lipinski definition) is 1. The van der Waals surface area contributed by atoms with E-state index < -0.39 is 0 Å². The Labute approximate surface area is 140 Å². The summed E-state index contributed by atoms with van der Waals surface area (Å²) in [6.45, 7) is 2.23. The van der Waals surface area contributed by atoms with Gasteiger partial charge in [0.25, 0.3) is 0 Å². The van der Waals surface area contributed by atoms with E-state index in [-0.39, 0.29) is 26.3 Å². The van der Waals surface area contributed by atoms with Crippen LogP contribution in [0.2, 0.25) is 0 Å². The second kappa shape index (κ2) is 5.89. The monoisotopic (exact) mass is 380 g/mol. The van der Waals surface area contributed by atoms with Gasteiger partial charge in [-0.05, 0) is 17.6 Å². The molecule has 1 aromatic heterocycles. The molecule has 2 aromatic carbocycles. The standard InChI is InChI=1S/C16H12N3O2.Ru/c1-10-5-6-11-13(7-10)17-8-18-16(11)19-12-3-2-4-14-15(12)21-9-20-14;/h2-4,6-8H,9H2,1H3,(H,17,18,19);/q-1;+1. The van der Waals surface area contributed by atoms with E-state index in [4.69, 9.17) is 9.47 Å². The summed E-state index contributed by atoms with van der Waals surface area (Å²) < 4.78 is 10.9. The molecule has 0 bridgehead atoms. The molecule has 3 aromatic rings. The fourth-order valence-corrected chi connectivity index (χ4v) is 2.36. The molecule has 4 rings (SSSR count). The van der Waals surface area contributed by atoms with Gasteiger partial charge in [0.2, 0.25) is 6.79 Å². The van der Waals surface area contributed by atoms with E-state index in [0.29, 0.717) is 5.75 Å². The van der Waals surface area contributed by atoms with Crippen LogP contribution in [0, 0.1) is 13.0 Å². The topological polar surface area (TPSA) is 56.3 Å². The average Bonchev–Trinajstić information content (AvgIpc) is 2.97. The van der Waals surface area contributed by atoms with Crippen molar-refractivity contribution in [3.8, 4) is 11.5 Å². The minimum atomic E-state index is 0. The first-order valence-electron chi connectivity index (χ1n) is 6.60. The van der Waals surface area contributed by atoms with Crippen LogP contribution in [0.1, 0.15) is 5.56 Å². The minimum absolute atomic E-state index is 0. The molecule has 0 unspecified atom stereocenters. The summed E-state index contributed by atoms with van der Waals surface area (Å²) in [6, 6.07) is 12.8. The maximum Gasteiger partial charge on any atom is 1.00 e. The Morgan fingerprint density at radius 1 is 1.23 bits per heavy atom. The fraction of sp³-hybridized carbons (Fsp3) is 0.125. The van der Waals surface area contributed by atoms with Gasteiger partial charge in [0.05, 0.1) is 11.5 Å². The summed E-state index contributed by atoms with van der Waals surface area (Å²) in [5, 5.41) is 4.21. The first-order chi connectivity index (χ1) is 10.3. The first kappa shape index (κ1) is 14.7. The number of aryl methyl sites for hydroxylation is 1. The molecule has 5 nitrogen and oxygen atoms in total. The van der Waals surface area contributed by atoms with E-state index in [9.17, 15) is 0 Å². The molecule has 0 amide bonds. The van der Waals surface area contributed by atoms with Gasteiger partial charge in [-0.15, -0.1) is 6.07 Å². The second-order valence-electron chi connectivity index (χ2n) is 4.80. The first-order valence-corrected chi connectivity index (χ1v) is 6.60. The molecule has 0 spiro atoms. The van der Waals surface area contributed by atoms with Crippen LogP contribution in [-0.2, 0) is 19.5 Å². The molecule has 0 saturated heterocycles. The molecule has 1 aliphatic heterocycles. The van der Waals surface area contributed by atoms with Gasteiger partial charge in [-0.25, -0.2) is 4.98 Å². The Bertz CT molecular complexity index is 839. The summed E-state index contributed by atoms with van der Waals surface area (Å²) in [5.74, 6) is 2.17. The van der Waals surface area contributed by atoms with Crippen molar-refractivity contribution in [2.45, 2.75) is 6.92 Å². The number of nitrogens with one attached hydrogen (secondary N) is 1. The SMILES string of the molecule is Cc1[c-]cc2c(Nc3cccc4c3OCO4)ncnc2c1.[Ru+]. The van der Waals surface area contributed by atoms with Crippen molar-refractivity contribution in [2.75, 3.05) is 12.1 Å². The fourth-order valence-electron chi connectivity index (χ4n) is 2.36. The summed E-state index contributed by atoms with van der Waals surface area (Å²) in [5.41, 5.74) is 2.75. The van der Waals surface area contributed by atoms with Gasteiger partial charge < -0.3 is 14.8 Å². The van der Waals surface area contributed by atoms with Crippen LogP contribution >= 0.6 is 0 Å². The van der Waals surface area contributed by atoms with Crippen molar-refractivity contribution in [1.29, 1.82) is 0 Å². The summed E-state index contributed by atoms with van der Waals surface area (Å²) in [4.78, 5) is 8.61. The van der Waals surface area contributed by atoms with E-state index >= 15 is 0 Å². The van der Waals surface area contributed by atoms with Crippen LogP contribution in [0.5, 0.6) is 11.5 Å². The molecular weight excluding hydrogens is 367 g/mol. The van der Waals surface area contributed by atoms with E-state index in [2.05, 4.69) is 21.4 Å². The maximum atomic E-state index is 5.50. The van der Waals surface area contributed by atoms with Crippen LogP contribution in [0.4, 0.5) is 11.5 Å². The Morgan fingerprint density at radius 2 is 2.14 bits per heavy atom. The quantitative estimate of drug-likeness (QED) is 0.547. The zero-order valence-corrected chi connectivity index (χ0v) is 13.5. The van der Waals surface area contributed by atoms with Crippen molar-refractivity contribution < 1.29 is 29.0 Å². The largest absolute Gasteiger partial charge is 1.00 e. The number of benzene rings is 2. The third-order valence-corrected chi connectivity index (χ3v) is 3.36. The minimum Gasteiger partial charge on any atom is -0.454 e. The zero-order valence-electron chi connectivity index (χ0n) is 11.7. The Balaban J connectivity index is 0.00000144. The van der Waals surface area contributed by atoms with Gasteiger partial charge in [-0.2, -0.15) is 17.7 Å². The van der Waals surface area contributed by atoms with E-state index in [1.807, 2.05) is 37.3 Å². The third-order valence-electron chi connectivity index (χ3n) is 3.36. The smallest absolute Gasteiger partial charge is 0.454 e. The van der Waals surface area contributed by atoms with Gasteiger partial charge in [0.15, 0.2) is 11.5 Å². The van der Waals surface area contributed by atoms with Gasteiger partial charge in [0.1, 0.15) is 6.33 Å². The number of para-hydroxylation sites is 1. The number of hydrogen-bond acceptors (Lipinski definition) is 5. The van der Waals surface area contributed by atoms with E-state index in [1.165, 1.54) is 0 Å². The number of nitrogens with zero attached hydrogens (tertiary/aromatic N) is 2. The van der Waals surface area contributed by atoms with Crippen molar-refractivity contribution >= 4 is 22.4 Å². The van der Waals surface area contributed by atoms with Gasteiger partial charge >= 0.3 is 19.5 Å².